The van der Waals surface area contributed by atoms with Crippen molar-refractivity contribution in [1.29, 1.82) is 0 Å². The Balaban J connectivity index is 1.63. The Morgan fingerprint density at radius 1 is 0.968 bits per heavy atom. The minimum atomic E-state index is -0.279. The third-order valence-electron chi connectivity index (χ3n) is 5.97. The maximum atomic E-state index is 13.4. The van der Waals surface area contributed by atoms with E-state index in [0.29, 0.717) is 43.7 Å². The number of rotatable bonds is 5. The lowest BCUT2D eigenvalue weighted by molar-refractivity contribution is -0.123. The Morgan fingerprint density at radius 2 is 1.55 bits per heavy atom. The molecular weight excluding hydrogens is 388 g/mol. The van der Waals surface area contributed by atoms with Gasteiger partial charge in [-0.25, -0.2) is 0 Å². The van der Waals surface area contributed by atoms with Crippen LogP contribution in [0.2, 0.25) is 0 Å². The van der Waals surface area contributed by atoms with Crippen LogP contribution < -0.4 is 5.73 Å². The number of carbonyl (C=O) groups is 2. The smallest absolute Gasteiger partial charge is 0.257 e. The molecule has 6 heteroatoms. The number of carbonyl (C=O) groups excluding carboxylic acids is 2. The number of primary amides is 1. The van der Waals surface area contributed by atoms with Crippen molar-refractivity contribution < 1.29 is 9.59 Å². The highest BCUT2D eigenvalue weighted by Crippen LogP contribution is 2.26. The van der Waals surface area contributed by atoms with Crippen molar-refractivity contribution in [1.82, 2.24) is 14.7 Å². The van der Waals surface area contributed by atoms with E-state index in [9.17, 15) is 9.59 Å². The van der Waals surface area contributed by atoms with E-state index in [2.05, 4.69) is 31.2 Å². The van der Waals surface area contributed by atoms with Gasteiger partial charge in [0.15, 0.2) is 0 Å². The molecular formula is C25H28N4O2. The first-order valence-electron chi connectivity index (χ1n) is 10.7. The number of amides is 2. The molecule has 0 radical (unpaired) electrons. The molecule has 0 atom stereocenters. The Hall–Kier alpha value is -3.41. The Labute approximate surface area is 182 Å². The molecule has 3 aromatic rings. The SMILES string of the molecule is Cc1ccc(Cn2cc(C(=O)N3CCC(C(N)=O)CC3)c(-c3ccc(C)cc3)n2)cc1. The number of piperidine rings is 1. The molecule has 2 amide bonds. The monoisotopic (exact) mass is 416 g/mol. The molecule has 0 saturated carbocycles. The van der Waals surface area contributed by atoms with Gasteiger partial charge in [-0.2, -0.15) is 5.10 Å². The van der Waals surface area contributed by atoms with E-state index in [-0.39, 0.29) is 17.7 Å². The predicted octanol–water partition coefficient (Wildman–Crippen LogP) is 3.55. The molecule has 1 aromatic heterocycles. The number of hydrogen-bond acceptors (Lipinski definition) is 3. The lowest BCUT2D eigenvalue weighted by Crippen LogP contribution is -2.41. The van der Waals surface area contributed by atoms with Crippen LogP contribution in [0.3, 0.4) is 0 Å². The first-order valence-corrected chi connectivity index (χ1v) is 10.7. The van der Waals surface area contributed by atoms with Gasteiger partial charge in [0.25, 0.3) is 5.91 Å². The number of aryl methyl sites for hydroxylation is 2. The Morgan fingerprint density at radius 3 is 2.13 bits per heavy atom. The Bertz CT molecular complexity index is 1080. The summed E-state index contributed by atoms with van der Waals surface area (Å²) in [6, 6.07) is 16.4. The molecule has 2 N–H and O–H groups in total. The lowest BCUT2D eigenvalue weighted by Gasteiger charge is -2.30. The molecule has 1 aliphatic rings. The minimum Gasteiger partial charge on any atom is -0.369 e. The van der Waals surface area contributed by atoms with Crippen LogP contribution in [0, 0.1) is 19.8 Å². The number of nitrogens with zero attached hydrogens (tertiary/aromatic N) is 3. The van der Waals surface area contributed by atoms with Crippen molar-refractivity contribution in [2.24, 2.45) is 11.7 Å². The number of aromatic nitrogens is 2. The molecule has 1 aliphatic heterocycles. The van der Waals surface area contributed by atoms with Crippen LogP contribution in [0.4, 0.5) is 0 Å². The van der Waals surface area contributed by atoms with Crippen molar-refractivity contribution in [2.75, 3.05) is 13.1 Å². The summed E-state index contributed by atoms with van der Waals surface area (Å²) in [6.07, 6.45) is 3.06. The fraction of sp³-hybridized carbons (Fsp3) is 0.320. The minimum absolute atomic E-state index is 0.0475. The van der Waals surface area contributed by atoms with E-state index in [4.69, 9.17) is 10.8 Å². The van der Waals surface area contributed by atoms with Gasteiger partial charge in [0.05, 0.1) is 12.1 Å². The van der Waals surface area contributed by atoms with E-state index in [1.807, 2.05) is 47.0 Å². The summed E-state index contributed by atoms with van der Waals surface area (Å²) in [4.78, 5) is 26.7. The van der Waals surface area contributed by atoms with Gasteiger partial charge in [-0.3, -0.25) is 14.3 Å². The van der Waals surface area contributed by atoms with Gasteiger partial charge in [-0.1, -0.05) is 59.7 Å². The molecule has 4 rings (SSSR count). The maximum absolute atomic E-state index is 13.4. The summed E-state index contributed by atoms with van der Waals surface area (Å²) in [5.41, 5.74) is 11.1. The van der Waals surface area contributed by atoms with Crippen molar-refractivity contribution >= 4 is 11.8 Å². The molecule has 0 spiro atoms. The summed E-state index contributed by atoms with van der Waals surface area (Å²) < 4.78 is 1.84. The summed E-state index contributed by atoms with van der Waals surface area (Å²) >= 11 is 0. The van der Waals surface area contributed by atoms with Gasteiger partial charge in [-0.05, 0) is 32.3 Å². The second kappa shape index (κ2) is 8.76. The van der Waals surface area contributed by atoms with Gasteiger partial charge in [0.1, 0.15) is 5.69 Å². The van der Waals surface area contributed by atoms with Gasteiger partial charge < -0.3 is 10.6 Å². The van der Waals surface area contributed by atoms with Crippen LogP contribution in [0.1, 0.15) is 39.9 Å². The molecule has 6 nitrogen and oxygen atoms in total. The largest absolute Gasteiger partial charge is 0.369 e. The molecule has 1 fully saturated rings. The van der Waals surface area contributed by atoms with Crippen LogP contribution in [-0.4, -0.2) is 39.6 Å². The van der Waals surface area contributed by atoms with Crippen LogP contribution in [0.15, 0.2) is 54.7 Å². The van der Waals surface area contributed by atoms with E-state index in [1.54, 1.807) is 0 Å². The van der Waals surface area contributed by atoms with Crippen LogP contribution in [-0.2, 0) is 11.3 Å². The average molecular weight is 417 g/mol. The van der Waals surface area contributed by atoms with Gasteiger partial charge in [-0.15, -0.1) is 0 Å². The highest BCUT2D eigenvalue weighted by Gasteiger charge is 2.29. The fourth-order valence-corrected chi connectivity index (χ4v) is 4.00. The quantitative estimate of drug-likeness (QED) is 0.691. The first-order chi connectivity index (χ1) is 14.9. The van der Waals surface area contributed by atoms with Gasteiger partial charge in [0.2, 0.25) is 5.91 Å². The normalized spacial score (nSPS) is 14.6. The number of hydrogen-bond donors (Lipinski definition) is 1. The molecule has 1 saturated heterocycles. The van der Waals surface area contributed by atoms with Crippen LogP contribution in [0.25, 0.3) is 11.3 Å². The molecule has 31 heavy (non-hydrogen) atoms. The van der Waals surface area contributed by atoms with Crippen molar-refractivity contribution in [2.45, 2.75) is 33.2 Å². The molecule has 160 valence electrons. The zero-order chi connectivity index (χ0) is 22.0. The zero-order valence-corrected chi connectivity index (χ0v) is 18.0. The van der Waals surface area contributed by atoms with Crippen molar-refractivity contribution in [3.63, 3.8) is 0 Å². The molecule has 2 heterocycles. The molecule has 0 bridgehead atoms. The highest BCUT2D eigenvalue weighted by atomic mass is 16.2. The van der Waals surface area contributed by atoms with E-state index in [1.165, 1.54) is 5.56 Å². The number of benzene rings is 2. The van der Waals surface area contributed by atoms with Crippen LogP contribution in [0.5, 0.6) is 0 Å². The second-order valence-corrected chi connectivity index (χ2v) is 8.41. The fourth-order valence-electron chi connectivity index (χ4n) is 4.00. The topological polar surface area (TPSA) is 81.2 Å². The first kappa shape index (κ1) is 20.8. The second-order valence-electron chi connectivity index (χ2n) is 8.41. The summed E-state index contributed by atoms with van der Waals surface area (Å²) in [7, 11) is 0. The van der Waals surface area contributed by atoms with Crippen molar-refractivity contribution in [3.05, 3.63) is 77.0 Å². The summed E-state index contributed by atoms with van der Waals surface area (Å²) in [6.45, 7) is 5.75. The lowest BCUT2D eigenvalue weighted by atomic mass is 9.95. The standard InChI is InChI=1S/C25H28N4O2/c1-17-3-7-19(8-4-17)15-29-16-22(23(27-29)20-9-5-18(2)6-10-20)25(31)28-13-11-21(12-14-28)24(26)30/h3-10,16,21H,11-15H2,1-2H3,(H2,26,30). The maximum Gasteiger partial charge on any atom is 0.257 e. The highest BCUT2D eigenvalue weighted by molar-refractivity contribution is 6.00. The molecule has 0 unspecified atom stereocenters. The average Bonchev–Trinajstić information content (AvgIpc) is 3.19. The number of nitrogens with two attached hydrogens (primary N) is 1. The third-order valence-corrected chi connectivity index (χ3v) is 5.97. The van der Waals surface area contributed by atoms with Gasteiger partial charge in [0, 0.05) is 30.8 Å². The zero-order valence-electron chi connectivity index (χ0n) is 18.0. The third kappa shape index (κ3) is 4.68. The molecule has 2 aromatic carbocycles. The Kier molecular flexibility index (Phi) is 5.89. The van der Waals surface area contributed by atoms with E-state index < -0.39 is 0 Å². The van der Waals surface area contributed by atoms with Crippen molar-refractivity contribution in [3.8, 4) is 11.3 Å². The summed E-state index contributed by atoms with van der Waals surface area (Å²) in [5, 5.41) is 4.78. The molecule has 0 aliphatic carbocycles. The van der Waals surface area contributed by atoms with Gasteiger partial charge >= 0.3 is 0 Å². The summed E-state index contributed by atoms with van der Waals surface area (Å²) in [5.74, 6) is -0.475. The van der Waals surface area contributed by atoms with Crippen LogP contribution >= 0.6 is 0 Å². The van der Waals surface area contributed by atoms with E-state index >= 15 is 0 Å². The van der Waals surface area contributed by atoms with E-state index in [0.717, 1.165) is 16.7 Å². The number of likely N-dealkylation sites (tertiary alicyclic amines) is 1. The predicted molar refractivity (Wildman–Crippen MR) is 121 cm³/mol.